The summed E-state index contributed by atoms with van der Waals surface area (Å²) in [5, 5.41) is 15.1. The molecule has 3 atom stereocenters. The number of ether oxygens (including phenoxy) is 2. The second-order valence-corrected chi connectivity index (χ2v) is 11.4. The summed E-state index contributed by atoms with van der Waals surface area (Å²) in [7, 11) is 0. The quantitative estimate of drug-likeness (QED) is 0.502. The number of aliphatic hydroxyl groups is 1. The number of nitrogens with zero attached hydrogens (tertiary/aromatic N) is 6. The number of carbonyl (C=O) groups is 1. The van der Waals surface area contributed by atoms with Crippen LogP contribution in [0.25, 0.3) is 16.7 Å². The van der Waals surface area contributed by atoms with Gasteiger partial charge in [0.25, 0.3) is 0 Å². The van der Waals surface area contributed by atoms with Crippen LogP contribution in [0.15, 0.2) is 24.4 Å². The van der Waals surface area contributed by atoms with Crippen LogP contribution in [0.5, 0.6) is 0 Å². The lowest BCUT2D eigenvalue weighted by Gasteiger charge is -2.36. The smallest absolute Gasteiger partial charge is 0.410 e. The minimum Gasteiger partial charge on any atom is -0.444 e. The van der Waals surface area contributed by atoms with Gasteiger partial charge in [-0.1, -0.05) is 0 Å². The van der Waals surface area contributed by atoms with E-state index in [1.807, 2.05) is 32.0 Å². The van der Waals surface area contributed by atoms with Crippen LogP contribution in [0, 0.1) is 13.8 Å². The van der Waals surface area contributed by atoms with Crippen molar-refractivity contribution in [3.8, 4) is 5.82 Å². The second-order valence-electron chi connectivity index (χ2n) is 11.4. The minimum absolute atomic E-state index is 0. The third kappa shape index (κ3) is 6.34. The predicted molar refractivity (Wildman–Crippen MR) is 156 cm³/mol. The standard InChI is InChI=1S/C28H37FN6O4.H2S/c1-17-10-19-13-30-35(26-12-25(31-18(2)32-26)33-8-9-38-20(14-33)16-36)24(19)11-22(17)21-6-7-34(15-23(21)29)27(37)39-28(3,4)5;/h10-13,20-21,23,36H,6-9,14-16H2,1-5H3;1H2/t20-,21?,23?;/m0./s1. The molecule has 10 nitrogen and oxygen atoms in total. The number of anilines is 1. The Morgan fingerprint density at radius 1 is 1.15 bits per heavy atom. The molecule has 1 amide bonds. The Kier molecular flexibility index (Phi) is 8.91. The molecule has 40 heavy (non-hydrogen) atoms. The average Bonchev–Trinajstić information content (AvgIpc) is 3.29. The maximum atomic E-state index is 15.6. The first kappa shape index (κ1) is 30.0. The van der Waals surface area contributed by atoms with E-state index in [2.05, 4.69) is 20.0 Å². The molecule has 2 unspecified atom stereocenters. The number of fused-ring (bicyclic) bond motifs is 1. The number of hydrogen-bond acceptors (Lipinski definition) is 8. The summed E-state index contributed by atoms with van der Waals surface area (Å²) in [6.45, 7) is 11.3. The number of likely N-dealkylation sites (tertiary alicyclic amines) is 1. The van der Waals surface area contributed by atoms with Crippen LogP contribution in [-0.2, 0) is 9.47 Å². The van der Waals surface area contributed by atoms with Gasteiger partial charge in [-0.05, 0) is 64.3 Å². The molecule has 0 aliphatic carbocycles. The maximum absolute atomic E-state index is 15.6. The fourth-order valence-electron chi connectivity index (χ4n) is 5.38. The first-order valence-electron chi connectivity index (χ1n) is 13.5. The van der Waals surface area contributed by atoms with E-state index in [1.54, 1.807) is 31.6 Å². The third-order valence-electron chi connectivity index (χ3n) is 7.24. The zero-order chi connectivity index (χ0) is 27.9. The van der Waals surface area contributed by atoms with Gasteiger partial charge in [-0.2, -0.15) is 18.6 Å². The summed E-state index contributed by atoms with van der Waals surface area (Å²) < 4.78 is 28.4. The molecule has 2 aliphatic rings. The molecule has 2 fully saturated rings. The molecule has 12 heteroatoms. The van der Waals surface area contributed by atoms with Crippen molar-refractivity contribution in [1.82, 2.24) is 24.6 Å². The molecule has 2 aromatic heterocycles. The summed E-state index contributed by atoms with van der Waals surface area (Å²) in [4.78, 5) is 25.3. The van der Waals surface area contributed by atoms with E-state index in [-0.39, 0.29) is 38.7 Å². The maximum Gasteiger partial charge on any atom is 0.410 e. The normalized spacial score (nSPS) is 21.8. The number of aromatic nitrogens is 4. The van der Waals surface area contributed by atoms with Gasteiger partial charge in [0.15, 0.2) is 5.82 Å². The highest BCUT2D eigenvalue weighted by atomic mass is 32.1. The molecule has 0 saturated carbocycles. The van der Waals surface area contributed by atoms with Gasteiger partial charge in [0, 0.05) is 37.0 Å². The van der Waals surface area contributed by atoms with Gasteiger partial charge in [0.1, 0.15) is 23.4 Å². The number of amides is 1. The number of aryl methyl sites for hydroxylation is 2. The third-order valence-corrected chi connectivity index (χ3v) is 7.24. The van der Waals surface area contributed by atoms with Crippen LogP contribution in [0.3, 0.4) is 0 Å². The zero-order valence-corrected chi connectivity index (χ0v) is 24.7. The monoisotopic (exact) mass is 574 g/mol. The molecule has 1 N–H and O–H groups in total. The van der Waals surface area contributed by atoms with Gasteiger partial charge in [-0.3, -0.25) is 0 Å². The summed E-state index contributed by atoms with van der Waals surface area (Å²) in [6, 6.07) is 5.92. The van der Waals surface area contributed by atoms with Crippen molar-refractivity contribution in [1.29, 1.82) is 0 Å². The number of benzene rings is 1. The van der Waals surface area contributed by atoms with Crippen LogP contribution in [0.1, 0.15) is 50.1 Å². The molecule has 3 aromatic rings. The molecule has 4 heterocycles. The van der Waals surface area contributed by atoms with Crippen LogP contribution in [-0.4, -0.2) is 93.1 Å². The molecule has 0 radical (unpaired) electrons. The number of carbonyl (C=O) groups excluding carboxylic acids is 1. The number of piperidine rings is 1. The molecule has 2 aliphatic heterocycles. The van der Waals surface area contributed by atoms with Crippen molar-refractivity contribution < 1.29 is 23.8 Å². The lowest BCUT2D eigenvalue weighted by molar-refractivity contribution is 0.00335. The van der Waals surface area contributed by atoms with Gasteiger partial charge in [0.05, 0.1) is 37.6 Å². The molecular weight excluding hydrogens is 535 g/mol. The number of alkyl halides is 1. The Bertz CT molecular complexity index is 1360. The van der Waals surface area contributed by atoms with E-state index >= 15 is 4.39 Å². The van der Waals surface area contributed by atoms with Crippen molar-refractivity contribution in [2.75, 3.05) is 44.3 Å². The summed E-state index contributed by atoms with van der Waals surface area (Å²) in [5.41, 5.74) is 2.10. The Balaban J connectivity index is 0.00000370. The van der Waals surface area contributed by atoms with Crippen molar-refractivity contribution in [2.24, 2.45) is 0 Å². The lowest BCUT2D eigenvalue weighted by atomic mass is 9.85. The zero-order valence-electron chi connectivity index (χ0n) is 23.7. The molecular formula is C28H39FN6O4S. The number of morpholine rings is 1. The van der Waals surface area contributed by atoms with Crippen molar-refractivity contribution in [2.45, 2.75) is 64.8 Å². The molecule has 0 spiro atoms. The van der Waals surface area contributed by atoms with Crippen LogP contribution < -0.4 is 4.90 Å². The van der Waals surface area contributed by atoms with Gasteiger partial charge >= 0.3 is 6.09 Å². The molecule has 2 saturated heterocycles. The average molecular weight is 575 g/mol. The molecule has 0 bridgehead atoms. The summed E-state index contributed by atoms with van der Waals surface area (Å²) >= 11 is 0. The fraction of sp³-hybridized carbons (Fsp3) is 0.571. The van der Waals surface area contributed by atoms with Gasteiger partial charge in [-0.25, -0.2) is 23.8 Å². The number of aliphatic hydroxyl groups excluding tert-OH is 1. The van der Waals surface area contributed by atoms with E-state index in [4.69, 9.17) is 9.47 Å². The minimum atomic E-state index is -1.22. The topological polar surface area (TPSA) is 106 Å². The van der Waals surface area contributed by atoms with Crippen LogP contribution in [0.2, 0.25) is 0 Å². The molecule has 218 valence electrons. The second kappa shape index (κ2) is 11.9. The van der Waals surface area contributed by atoms with Gasteiger partial charge in [-0.15, -0.1) is 0 Å². The first-order chi connectivity index (χ1) is 18.5. The number of hydrogen-bond donors (Lipinski definition) is 1. The van der Waals surface area contributed by atoms with E-state index < -0.39 is 17.9 Å². The lowest BCUT2D eigenvalue weighted by Crippen LogP contribution is -2.46. The van der Waals surface area contributed by atoms with Gasteiger partial charge in [0.2, 0.25) is 0 Å². The fourth-order valence-corrected chi connectivity index (χ4v) is 5.38. The summed E-state index contributed by atoms with van der Waals surface area (Å²) in [5.74, 6) is 1.62. The van der Waals surface area contributed by atoms with E-state index in [0.717, 1.165) is 27.8 Å². The summed E-state index contributed by atoms with van der Waals surface area (Å²) in [6.07, 6.45) is 0.337. The van der Waals surface area contributed by atoms with Crippen molar-refractivity contribution in [3.05, 3.63) is 41.3 Å². The highest BCUT2D eigenvalue weighted by molar-refractivity contribution is 7.59. The Labute approximate surface area is 240 Å². The van der Waals surface area contributed by atoms with E-state index in [9.17, 15) is 9.90 Å². The number of rotatable bonds is 4. The van der Waals surface area contributed by atoms with Crippen LogP contribution >= 0.6 is 13.5 Å². The number of halogens is 1. The first-order valence-corrected chi connectivity index (χ1v) is 13.5. The Morgan fingerprint density at radius 3 is 2.60 bits per heavy atom. The van der Waals surface area contributed by atoms with Crippen molar-refractivity contribution >= 4 is 36.3 Å². The molecule has 1 aromatic carbocycles. The highest BCUT2D eigenvalue weighted by Gasteiger charge is 2.35. The van der Waals surface area contributed by atoms with Crippen LogP contribution in [0.4, 0.5) is 15.0 Å². The van der Waals surface area contributed by atoms with Crippen molar-refractivity contribution in [3.63, 3.8) is 0 Å². The molecule has 5 rings (SSSR count). The SMILES string of the molecule is Cc1nc(N2CCO[C@H](CO)C2)cc(-n2ncc3cc(C)c(C4CCN(C(=O)OC(C)(C)C)CC4F)cc32)n1.S. The Morgan fingerprint density at radius 2 is 1.90 bits per heavy atom. The van der Waals surface area contributed by atoms with E-state index in [1.165, 1.54) is 4.90 Å². The highest BCUT2D eigenvalue weighted by Crippen LogP contribution is 2.35. The largest absolute Gasteiger partial charge is 0.444 e. The van der Waals surface area contributed by atoms with E-state index in [0.29, 0.717) is 44.3 Å². The predicted octanol–water partition coefficient (Wildman–Crippen LogP) is 3.81. The Hall–Kier alpha value is -2.96. The van der Waals surface area contributed by atoms with Gasteiger partial charge < -0.3 is 24.4 Å².